The van der Waals surface area contributed by atoms with E-state index in [1.807, 2.05) is 60.7 Å². The first-order valence-corrected chi connectivity index (χ1v) is 10.9. The first-order chi connectivity index (χ1) is 16.0. The molecule has 2 atom stereocenters. The van der Waals surface area contributed by atoms with Crippen molar-refractivity contribution < 1.29 is 44.2 Å². The second kappa shape index (κ2) is 10.3. The van der Waals surface area contributed by atoms with Crippen molar-refractivity contribution in [2.75, 3.05) is 0 Å². The van der Waals surface area contributed by atoms with Gasteiger partial charge in [0, 0.05) is 15.6 Å². The Morgan fingerprint density at radius 3 is 2.00 bits per heavy atom. The summed E-state index contributed by atoms with van der Waals surface area (Å²) in [6.45, 7) is 0. The van der Waals surface area contributed by atoms with Crippen LogP contribution in [0.2, 0.25) is 10.0 Å². The van der Waals surface area contributed by atoms with Crippen LogP contribution in [-0.4, -0.2) is 17.5 Å². The molecule has 0 saturated carbocycles. The van der Waals surface area contributed by atoms with E-state index in [0.29, 0.717) is 15.8 Å². The van der Waals surface area contributed by atoms with Gasteiger partial charge in [-0.2, -0.15) is 0 Å². The van der Waals surface area contributed by atoms with Gasteiger partial charge in [0.2, 0.25) is 0 Å². The smallest absolute Gasteiger partial charge is 0.543 e. The summed E-state index contributed by atoms with van der Waals surface area (Å²) in [4.78, 5) is 19.5. The fourth-order valence-corrected chi connectivity index (χ4v) is 3.97. The van der Waals surface area contributed by atoms with Crippen molar-refractivity contribution >= 4 is 40.7 Å². The molecule has 3 aromatic carbocycles. The van der Waals surface area contributed by atoms with Gasteiger partial charge in [-0.1, -0.05) is 47.5 Å². The molecule has 0 bridgehead atoms. The third-order valence-corrected chi connectivity index (χ3v) is 5.91. The van der Waals surface area contributed by atoms with Gasteiger partial charge in [0.25, 0.3) is 0 Å². The van der Waals surface area contributed by atoms with Crippen LogP contribution in [0.4, 0.5) is 0 Å². The van der Waals surface area contributed by atoms with Crippen LogP contribution in [0.15, 0.2) is 94.7 Å². The van der Waals surface area contributed by atoms with Gasteiger partial charge in [-0.3, -0.25) is 4.99 Å². The summed E-state index contributed by atoms with van der Waals surface area (Å²) in [5.74, 6) is 0.0295. The molecule has 9 heteroatoms. The summed E-state index contributed by atoms with van der Waals surface area (Å²) in [5, 5.41) is 15.8. The Hall–Kier alpha value is -2.61. The summed E-state index contributed by atoms with van der Waals surface area (Å²) in [6, 6.07) is 22.3. The first-order valence-electron chi connectivity index (χ1n) is 10.1. The summed E-state index contributed by atoms with van der Waals surface area (Å²) in [6.07, 6.45) is 1.34. The summed E-state index contributed by atoms with van der Waals surface area (Å²) in [5.41, 5.74) is 2.77. The number of hydrogen-bond acceptors (Lipinski definition) is 6. The number of carboxylic acid groups (broad SMARTS) is 1. The van der Waals surface area contributed by atoms with E-state index < -0.39 is 5.97 Å². The molecule has 2 heterocycles. The maximum absolute atomic E-state index is 10.9. The number of carboxylic acids is 1. The minimum absolute atomic E-state index is 0. The molecule has 0 aliphatic carbocycles. The van der Waals surface area contributed by atoms with Gasteiger partial charge in [-0.05, 0) is 59.7 Å². The Morgan fingerprint density at radius 2 is 1.47 bits per heavy atom. The molecular weight excluding hydrogens is 484 g/mol. The molecule has 5 rings (SSSR count). The van der Waals surface area contributed by atoms with Crippen LogP contribution < -0.4 is 44.7 Å². The minimum Gasteiger partial charge on any atom is -0.543 e. The number of halogens is 2. The molecule has 6 nitrogen and oxygen atoms in total. The van der Waals surface area contributed by atoms with Gasteiger partial charge in [-0.25, -0.2) is 4.99 Å². The number of aliphatic imine (C=N–C) groups is 2. The third-order valence-electron chi connectivity index (χ3n) is 5.41. The molecule has 0 aromatic heterocycles. The number of rotatable bonds is 6. The second-order valence-electron chi connectivity index (χ2n) is 7.53. The Kier molecular flexibility index (Phi) is 7.45. The normalized spacial score (nSPS) is 18.5. The van der Waals surface area contributed by atoms with E-state index in [1.165, 1.54) is 6.20 Å². The van der Waals surface area contributed by atoms with Crippen molar-refractivity contribution in [2.24, 2.45) is 9.98 Å². The number of nitrogens with zero attached hydrogens (tertiary/aromatic N) is 2. The Bertz CT molecular complexity index is 1300. The number of carbonyl (C=O) groups excluding carboxylic acids is 1. The van der Waals surface area contributed by atoms with E-state index >= 15 is 0 Å². The fraction of sp³-hybridized carbons (Fsp3) is 0.0800. The molecular formula is C25H16Cl2N3NaO3. The van der Waals surface area contributed by atoms with Crippen molar-refractivity contribution in [3.8, 4) is 5.75 Å². The van der Waals surface area contributed by atoms with Crippen molar-refractivity contribution in [1.29, 1.82) is 0 Å². The van der Waals surface area contributed by atoms with Gasteiger partial charge in [0.05, 0.1) is 18.2 Å². The van der Waals surface area contributed by atoms with Crippen LogP contribution in [0.1, 0.15) is 28.8 Å². The Balaban J connectivity index is 0.00000274. The maximum atomic E-state index is 10.9. The quantitative estimate of drug-likeness (QED) is 0.517. The number of carbonyl (C=O) groups is 1. The Labute approximate surface area is 228 Å². The molecule has 164 valence electrons. The molecule has 0 fully saturated rings. The zero-order valence-electron chi connectivity index (χ0n) is 18.0. The Morgan fingerprint density at radius 1 is 0.882 bits per heavy atom. The van der Waals surface area contributed by atoms with E-state index in [1.54, 1.807) is 12.1 Å². The van der Waals surface area contributed by atoms with Gasteiger partial charge in [-0.15, -0.1) is 0 Å². The monoisotopic (exact) mass is 499 g/mol. The molecule has 3 aromatic rings. The average molecular weight is 500 g/mol. The van der Waals surface area contributed by atoms with Crippen LogP contribution in [-0.2, 0) is 4.79 Å². The van der Waals surface area contributed by atoms with Crippen molar-refractivity contribution in [3.63, 3.8) is 0 Å². The number of amidine groups is 1. The summed E-state index contributed by atoms with van der Waals surface area (Å²) in [7, 11) is 0. The van der Waals surface area contributed by atoms with Crippen LogP contribution >= 0.6 is 23.2 Å². The van der Waals surface area contributed by atoms with Crippen LogP contribution in [0.25, 0.3) is 0 Å². The fourth-order valence-electron chi connectivity index (χ4n) is 3.72. The average Bonchev–Trinajstić information content (AvgIpc) is 3.23. The number of nitrogens with one attached hydrogen (secondary N) is 1. The second-order valence-corrected chi connectivity index (χ2v) is 8.41. The molecule has 2 unspecified atom stereocenters. The summed E-state index contributed by atoms with van der Waals surface area (Å²) < 4.78 is 5.57. The largest absolute Gasteiger partial charge is 1.00 e. The molecule has 2 aliphatic heterocycles. The van der Waals surface area contributed by atoms with Gasteiger partial charge in [0.15, 0.2) is 5.76 Å². The van der Waals surface area contributed by atoms with E-state index in [4.69, 9.17) is 32.9 Å². The zero-order valence-corrected chi connectivity index (χ0v) is 21.5. The van der Waals surface area contributed by atoms with E-state index in [-0.39, 0.29) is 53.1 Å². The van der Waals surface area contributed by atoms with Gasteiger partial charge in [0.1, 0.15) is 23.3 Å². The van der Waals surface area contributed by atoms with Crippen molar-refractivity contribution in [2.45, 2.75) is 12.1 Å². The number of ether oxygens (including phenoxy) is 1. The van der Waals surface area contributed by atoms with E-state index in [0.717, 1.165) is 22.5 Å². The predicted octanol–water partition coefficient (Wildman–Crippen LogP) is 1.25. The minimum atomic E-state index is -1.37. The molecule has 2 aliphatic rings. The van der Waals surface area contributed by atoms with Crippen LogP contribution in [0.5, 0.6) is 5.75 Å². The molecule has 0 amide bonds. The van der Waals surface area contributed by atoms with Crippen molar-refractivity contribution in [1.82, 2.24) is 5.32 Å². The molecule has 1 N–H and O–H groups in total. The van der Waals surface area contributed by atoms with Gasteiger partial charge < -0.3 is 20.0 Å². The number of aliphatic carboxylic acids is 1. The van der Waals surface area contributed by atoms with Crippen LogP contribution in [0, 0.1) is 0 Å². The van der Waals surface area contributed by atoms with Gasteiger partial charge >= 0.3 is 29.6 Å². The molecule has 0 spiro atoms. The molecule has 34 heavy (non-hydrogen) atoms. The standard InChI is InChI=1S/C25H17Cl2N3O3.Na/c26-17-7-1-14(2-8-17)21-22(15-3-9-18(27)10-4-15)30-24(29-21)16-5-11-19(12-6-16)33-20-13-28-23(20)25(31)32;/h1-13,21-22H,(H,29,30)(H,31,32);/q;+1/p-1. The summed E-state index contributed by atoms with van der Waals surface area (Å²) >= 11 is 12.2. The SMILES string of the molecule is O=C([O-])C1=NC=C1Oc1ccc(C2=NC(c3ccc(Cl)cc3)C(c3ccc(Cl)cc3)N2)cc1.[Na+]. The molecule has 0 saturated heterocycles. The van der Waals surface area contributed by atoms with Crippen molar-refractivity contribution in [3.05, 3.63) is 111 Å². The maximum Gasteiger partial charge on any atom is 1.00 e. The zero-order chi connectivity index (χ0) is 22.9. The third kappa shape index (κ3) is 5.06. The van der Waals surface area contributed by atoms with E-state index in [2.05, 4.69) is 10.3 Å². The number of benzene rings is 3. The topological polar surface area (TPSA) is 86.1 Å². The van der Waals surface area contributed by atoms with E-state index in [9.17, 15) is 9.90 Å². The number of hydrogen-bond donors (Lipinski definition) is 1. The predicted molar refractivity (Wildman–Crippen MR) is 126 cm³/mol. The molecule has 0 radical (unpaired) electrons. The van der Waals surface area contributed by atoms with Crippen LogP contribution in [0.3, 0.4) is 0 Å². The first kappa shape index (κ1) is 24.5.